The summed E-state index contributed by atoms with van der Waals surface area (Å²) in [5.74, 6) is 0.0437. The second-order valence-electron chi connectivity index (χ2n) is 9.44. The van der Waals surface area contributed by atoms with E-state index in [1.54, 1.807) is 26.0 Å². The van der Waals surface area contributed by atoms with Gasteiger partial charge in [-0.05, 0) is 63.3 Å². The average Bonchev–Trinajstić information content (AvgIpc) is 2.76. The van der Waals surface area contributed by atoms with Crippen LogP contribution in [0.15, 0.2) is 36.4 Å². The highest BCUT2D eigenvalue weighted by Gasteiger charge is 2.26. The lowest BCUT2D eigenvalue weighted by Gasteiger charge is -2.22. The maximum atomic E-state index is 12.1. The Hall–Kier alpha value is -2.71. The number of ether oxygens (including phenoxy) is 1. The summed E-state index contributed by atoms with van der Waals surface area (Å²) in [5, 5.41) is 22.1. The van der Waals surface area contributed by atoms with Crippen LogP contribution in [0.25, 0.3) is 0 Å². The lowest BCUT2D eigenvalue weighted by atomic mass is 9.97. The molecule has 0 saturated carbocycles. The number of rotatable bonds is 13. The smallest absolute Gasteiger partial charge is 0.242 e. The molecule has 35 heavy (non-hydrogen) atoms. The summed E-state index contributed by atoms with van der Waals surface area (Å²) in [7, 11) is 0. The Morgan fingerprint density at radius 3 is 2.37 bits per heavy atom. The van der Waals surface area contributed by atoms with E-state index in [0.717, 1.165) is 28.7 Å². The van der Waals surface area contributed by atoms with E-state index < -0.39 is 11.4 Å². The van der Waals surface area contributed by atoms with Crippen molar-refractivity contribution < 1.29 is 24.5 Å². The number of phenols is 1. The fraction of sp³-hybridized carbons (Fsp3) is 0.481. The molecule has 8 heteroatoms. The predicted octanol–water partition coefficient (Wildman–Crippen LogP) is 3.83. The number of hydrogen-bond donors (Lipinski definition) is 4. The molecule has 0 fully saturated rings. The van der Waals surface area contributed by atoms with Crippen molar-refractivity contribution in [1.29, 1.82) is 0 Å². The molecule has 2 rings (SSSR count). The number of primary amides is 1. The third kappa shape index (κ3) is 9.11. The van der Waals surface area contributed by atoms with E-state index in [9.17, 15) is 19.8 Å². The molecule has 2 aromatic rings. The van der Waals surface area contributed by atoms with Crippen molar-refractivity contribution in [2.75, 3.05) is 6.61 Å². The number of benzene rings is 2. The molecule has 0 radical (unpaired) electrons. The monoisotopic (exact) mass is 502 g/mol. The minimum absolute atomic E-state index is 0.0557. The number of hydrogen-bond acceptors (Lipinski definition) is 6. The number of aliphatic hydroxyl groups excluding tert-OH is 1. The van der Waals surface area contributed by atoms with Gasteiger partial charge in [-0.3, -0.25) is 9.59 Å². The Morgan fingerprint density at radius 2 is 1.77 bits per heavy atom. The van der Waals surface area contributed by atoms with Crippen molar-refractivity contribution in [3.05, 3.63) is 58.7 Å². The largest absolute Gasteiger partial charge is 0.508 e. The van der Waals surface area contributed by atoms with E-state index in [1.165, 1.54) is 11.8 Å². The van der Waals surface area contributed by atoms with Crippen LogP contribution < -0.4 is 15.8 Å². The summed E-state index contributed by atoms with van der Waals surface area (Å²) in [4.78, 5) is 23.4. The number of carbonyl (C=O) groups excluding carboxylic acids is 2. The quantitative estimate of drug-likeness (QED) is 0.309. The minimum Gasteiger partial charge on any atom is -0.508 e. The molecule has 0 aromatic heterocycles. The Labute approximate surface area is 212 Å². The van der Waals surface area contributed by atoms with E-state index in [4.69, 9.17) is 10.5 Å². The van der Waals surface area contributed by atoms with Crippen LogP contribution in [0.4, 0.5) is 0 Å². The number of carbonyl (C=O) groups is 2. The molecule has 0 bridgehead atoms. The average molecular weight is 503 g/mol. The molecule has 2 atom stereocenters. The molecule has 0 saturated heterocycles. The Kier molecular flexibility index (Phi) is 10.5. The first-order valence-corrected chi connectivity index (χ1v) is 12.8. The molecule has 0 heterocycles. The number of aromatic hydroxyl groups is 1. The van der Waals surface area contributed by atoms with Crippen LogP contribution in [-0.2, 0) is 22.4 Å². The Bertz CT molecular complexity index is 1010. The topological polar surface area (TPSA) is 122 Å². The molecule has 2 aromatic carbocycles. The van der Waals surface area contributed by atoms with Gasteiger partial charge in [-0.15, -0.1) is 11.8 Å². The van der Waals surface area contributed by atoms with Gasteiger partial charge in [0.2, 0.25) is 11.8 Å². The molecule has 7 nitrogen and oxygen atoms in total. The maximum absolute atomic E-state index is 12.1. The molecule has 0 aliphatic rings. The van der Waals surface area contributed by atoms with Crippen LogP contribution in [-0.4, -0.2) is 44.9 Å². The highest BCUT2D eigenvalue weighted by atomic mass is 32.2. The first-order chi connectivity index (χ1) is 16.4. The van der Waals surface area contributed by atoms with Gasteiger partial charge >= 0.3 is 0 Å². The highest BCUT2D eigenvalue weighted by Crippen LogP contribution is 2.33. The Morgan fingerprint density at radius 1 is 1.14 bits per heavy atom. The first kappa shape index (κ1) is 28.5. The van der Waals surface area contributed by atoms with Crippen molar-refractivity contribution in [3.8, 4) is 11.5 Å². The summed E-state index contributed by atoms with van der Waals surface area (Å²) in [6.45, 7) is 9.08. The molecule has 5 N–H and O–H groups in total. The highest BCUT2D eigenvalue weighted by molar-refractivity contribution is 8.00. The van der Waals surface area contributed by atoms with Crippen molar-refractivity contribution in [2.24, 2.45) is 5.73 Å². The van der Waals surface area contributed by atoms with Crippen molar-refractivity contribution >= 4 is 23.6 Å². The van der Waals surface area contributed by atoms with Gasteiger partial charge in [0, 0.05) is 29.7 Å². The number of phenolic OH excluding ortho intramolecular Hbond substituents is 1. The standard InChI is InChI=1S/C27H38N2O5S/c1-17-13-22(31)15-24(34-19(3)35-18(2)16-30)23(17)14-21-11-9-20(10-12-21)7-6-8-25(32)29-27(4,5)26(28)33/h9-13,15,18-19,30-31H,6-8,14,16H2,1-5H3,(H2,28,33)(H,29,32)/t18-,19+/m0/s1. The second-order valence-corrected chi connectivity index (χ2v) is 11.2. The number of amides is 2. The fourth-order valence-electron chi connectivity index (χ4n) is 3.63. The molecule has 0 aliphatic carbocycles. The maximum Gasteiger partial charge on any atom is 0.242 e. The third-order valence-corrected chi connectivity index (χ3v) is 6.83. The number of nitrogens with one attached hydrogen (secondary N) is 1. The normalized spacial score (nSPS) is 13.2. The SMILES string of the molecule is Cc1cc(O)cc(O[C@@H](C)S[C@@H](C)CO)c1Cc1ccc(CCCC(=O)NC(C)(C)C(N)=O)cc1. The molecule has 0 aliphatic heterocycles. The van der Waals surface area contributed by atoms with Gasteiger partial charge < -0.3 is 26.0 Å². The summed E-state index contributed by atoms with van der Waals surface area (Å²) in [5.41, 5.74) is 8.25. The molecule has 0 unspecified atom stereocenters. The van der Waals surface area contributed by atoms with Crippen molar-refractivity contribution in [3.63, 3.8) is 0 Å². The molecule has 0 spiro atoms. The zero-order valence-corrected chi connectivity index (χ0v) is 22.1. The molecular formula is C27H38N2O5S. The zero-order chi connectivity index (χ0) is 26.2. The van der Waals surface area contributed by atoms with E-state index in [1.807, 2.05) is 20.8 Å². The third-order valence-electron chi connectivity index (χ3n) is 5.73. The first-order valence-electron chi connectivity index (χ1n) is 11.9. The van der Waals surface area contributed by atoms with Gasteiger partial charge in [-0.1, -0.05) is 31.2 Å². The van der Waals surface area contributed by atoms with Gasteiger partial charge in [-0.2, -0.15) is 0 Å². The summed E-state index contributed by atoms with van der Waals surface area (Å²) in [6.07, 6.45) is 2.38. The second kappa shape index (κ2) is 12.8. The number of aliphatic hydroxyl groups is 1. The number of nitrogens with two attached hydrogens (primary N) is 1. The van der Waals surface area contributed by atoms with Crippen LogP contribution >= 0.6 is 11.8 Å². The number of thioether (sulfide) groups is 1. The molecular weight excluding hydrogens is 464 g/mol. The van der Waals surface area contributed by atoms with E-state index in [-0.39, 0.29) is 28.9 Å². The van der Waals surface area contributed by atoms with Crippen LogP contribution in [0.2, 0.25) is 0 Å². The van der Waals surface area contributed by atoms with Gasteiger partial charge in [-0.25, -0.2) is 0 Å². The van der Waals surface area contributed by atoms with Gasteiger partial charge in [0.1, 0.15) is 22.5 Å². The van der Waals surface area contributed by atoms with Crippen LogP contribution in [0.1, 0.15) is 62.8 Å². The van der Waals surface area contributed by atoms with Crippen LogP contribution in [0.5, 0.6) is 11.5 Å². The Balaban J connectivity index is 2.00. The van der Waals surface area contributed by atoms with Crippen molar-refractivity contribution in [1.82, 2.24) is 5.32 Å². The van der Waals surface area contributed by atoms with Gasteiger partial charge in [0.15, 0.2) is 0 Å². The fourth-order valence-corrected chi connectivity index (χ4v) is 4.53. The van der Waals surface area contributed by atoms with E-state index in [2.05, 4.69) is 29.6 Å². The van der Waals surface area contributed by atoms with E-state index >= 15 is 0 Å². The summed E-state index contributed by atoms with van der Waals surface area (Å²) >= 11 is 1.53. The lowest BCUT2D eigenvalue weighted by molar-refractivity contribution is -0.130. The lowest BCUT2D eigenvalue weighted by Crippen LogP contribution is -2.52. The van der Waals surface area contributed by atoms with Gasteiger partial charge in [0.25, 0.3) is 0 Å². The van der Waals surface area contributed by atoms with Crippen molar-refractivity contribution in [2.45, 2.75) is 76.5 Å². The van der Waals surface area contributed by atoms with E-state index in [0.29, 0.717) is 25.0 Å². The van der Waals surface area contributed by atoms with Crippen LogP contribution in [0.3, 0.4) is 0 Å². The summed E-state index contributed by atoms with van der Waals surface area (Å²) < 4.78 is 6.13. The minimum atomic E-state index is -1.05. The van der Waals surface area contributed by atoms with Crippen LogP contribution in [0, 0.1) is 6.92 Å². The predicted molar refractivity (Wildman–Crippen MR) is 141 cm³/mol. The van der Waals surface area contributed by atoms with Gasteiger partial charge in [0.05, 0.1) is 6.61 Å². The zero-order valence-electron chi connectivity index (χ0n) is 21.3. The number of aryl methyl sites for hydroxylation is 2. The summed E-state index contributed by atoms with van der Waals surface area (Å²) in [6, 6.07) is 11.6. The molecule has 192 valence electrons. The molecule has 2 amide bonds.